The van der Waals surface area contributed by atoms with Gasteiger partial charge in [0.15, 0.2) is 0 Å². The first-order chi connectivity index (χ1) is 10.9. The van der Waals surface area contributed by atoms with Gasteiger partial charge in [0.25, 0.3) is 17.7 Å². The van der Waals surface area contributed by atoms with Gasteiger partial charge >= 0.3 is 0 Å². The average molecular weight is 330 g/mol. The number of rotatable bonds is 2. The van der Waals surface area contributed by atoms with Crippen LogP contribution in [0.2, 0.25) is 5.02 Å². The molecule has 0 saturated heterocycles. The minimum Gasteiger partial charge on any atom is -0.399 e. The average Bonchev–Trinajstić information content (AvgIpc) is 2.74. The van der Waals surface area contributed by atoms with Crippen molar-refractivity contribution in [2.45, 2.75) is 0 Å². The highest BCUT2D eigenvalue weighted by Gasteiger charge is 2.33. The number of nitrogens with one attached hydrogen (secondary N) is 1. The second kappa shape index (κ2) is 5.40. The first kappa shape index (κ1) is 15.1. The number of carbonyl (C=O) groups is 3. The quantitative estimate of drug-likeness (QED) is 0.653. The Balaban J connectivity index is 1.90. The number of imide groups is 1. The number of anilines is 2. The molecule has 3 rings (SSSR count). The predicted octanol–water partition coefficient (Wildman–Crippen LogP) is 2.40. The molecule has 2 aromatic rings. The molecule has 3 amide bonds. The Bertz CT molecular complexity index is 864. The van der Waals surface area contributed by atoms with Crippen molar-refractivity contribution in [1.29, 1.82) is 0 Å². The minimum absolute atomic E-state index is 0.216. The van der Waals surface area contributed by atoms with Crippen LogP contribution in [0.15, 0.2) is 36.4 Å². The van der Waals surface area contributed by atoms with Crippen LogP contribution < -0.4 is 11.1 Å². The Labute approximate surface area is 136 Å². The van der Waals surface area contributed by atoms with Crippen LogP contribution in [0.1, 0.15) is 31.1 Å². The van der Waals surface area contributed by atoms with Crippen LogP contribution >= 0.6 is 11.6 Å². The molecule has 1 aliphatic heterocycles. The van der Waals surface area contributed by atoms with Crippen LogP contribution in [0.3, 0.4) is 0 Å². The molecule has 6 nitrogen and oxygen atoms in total. The van der Waals surface area contributed by atoms with Gasteiger partial charge in [0.05, 0.1) is 21.8 Å². The lowest BCUT2D eigenvalue weighted by molar-refractivity contribution is 0.0693. The summed E-state index contributed by atoms with van der Waals surface area (Å²) in [6, 6.07) is 9.09. The fourth-order valence-electron chi connectivity index (χ4n) is 2.33. The number of carbonyl (C=O) groups excluding carboxylic acids is 3. The summed E-state index contributed by atoms with van der Waals surface area (Å²) in [6.45, 7) is 0. The normalized spacial score (nSPS) is 13.2. The molecule has 0 saturated carbocycles. The van der Waals surface area contributed by atoms with Gasteiger partial charge < -0.3 is 11.1 Å². The standard InChI is InChI=1S/C16H12ClN3O3/c1-20-15(22)10-4-2-8(6-11(10)16(20)23)14(21)19-13-5-3-9(18)7-12(13)17/h2-7H,18H2,1H3,(H,19,21). The maximum absolute atomic E-state index is 12.3. The summed E-state index contributed by atoms with van der Waals surface area (Å²) in [7, 11) is 1.40. The highest BCUT2D eigenvalue weighted by atomic mass is 35.5. The highest BCUT2D eigenvalue weighted by molar-refractivity contribution is 6.34. The summed E-state index contributed by atoms with van der Waals surface area (Å²) < 4.78 is 0. The van der Waals surface area contributed by atoms with Crippen molar-refractivity contribution < 1.29 is 14.4 Å². The van der Waals surface area contributed by atoms with E-state index < -0.39 is 11.8 Å². The lowest BCUT2D eigenvalue weighted by Gasteiger charge is -2.08. The Hall–Kier alpha value is -2.86. The summed E-state index contributed by atoms with van der Waals surface area (Å²) in [5.41, 5.74) is 7.26. The van der Waals surface area contributed by atoms with Gasteiger partial charge in [0, 0.05) is 18.3 Å². The molecule has 0 aromatic heterocycles. The number of fused-ring (bicyclic) bond motifs is 1. The third-order valence-corrected chi connectivity index (χ3v) is 3.91. The van der Waals surface area contributed by atoms with E-state index >= 15 is 0 Å². The van der Waals surface area contributed by atoms with Gasteiger partial charge in [-0.2, -0.15) is 0 Å². The fourth-order valence-corrected chi connectivity index (χ4v) is 2.57. The highest BCUT2D eigenvalue weighted by Crippen LogP contribution is 2.26. The number of nitrogens with two attached hydrogens (primary N) is 1. The number of benzene rings is 2. The maximum Gasteiger partial charge on any atom is 0.261 e. The summed E-state index contributed by atoms with van der Waals surface area (Å²) in [6.07, 6.45) is 0. The van der Waals surface area contributed by atoms with Crippen molar-refractivity contribution >= 4 is 40.7 Å². The molecule has 0 aliphatic carbocycles. The number of hydrogen-bond acceptors (Lipinski definition) is 4. The van der Waals surface area contributed by atoms with Crippen LogP contribution in [0, 0.1) is 0 Å². The van der Waals surface area contributed by atoms with Crippen LogP contribution in [0.4, 0.5) is 11.4 Å². The van der Waals surface area contributed by atoms with Crippen LogP contribution in [-0.2, 0) is 0 Å². The summed E-state index contributed by atoms with van der Waals surface area (Å²) in [4.78, 5) is 37.1. The summed E-state index contributed by atoms with van der Waals surface area (Å²) in [5.74, 6) is -1.24. The number of nitrogen functional groups attached to an aromatic ring is 1. The zero-order chi connectivity index (χ0) is 16.7. The maximum atomic E-state index is 12.3. The van der Waals surface area contributed by atoms with Crippen molar-refractivity contribution in [2.75, 3.05) is 18.1 Å². The third kappa shape index (κ3) is 2.53. The topological polar surface area (TPSA) is 92.5 Å². The predicted molar refractivity (Wildman–Crippen MR) is 86.7 cm³/mol. The van der Waals surface area contributed by atoms with E-state index in [9.17, 15) is 14.4 Å². The van der Waals surface area contributed by atoms with Crippen molar-refractivity contribution in [3.63, 3.8) is 0 Å². The van der Waals surface area contributed by atoms with Crippen molar-refractivity contribution in [3.05, 3.63) is 58.1 Å². The molecule has 0 atom stereocenters. The molecule has 7 heteroatoms. The molecule has 23 heavy (non-hydrogen) atoms. The third-order valence-electron chi connectivity index (χ3n) is 3.59. The van der Waals surface area contributed by atoms with E-state index in [2.05, 4.69) is 5.32 Å². The number of nitrogens with zero attached hydrogens (tertiary/aromatic N) is 1. The largest absolute Gasteiger partial charge is 0.399 e. The van der Waals surface area contributed by atoms with Gasteiger partial charge in [-0.3, -0.25) is 19.3 Å². The fraction of sp³-hybridized carbons (Fsp3) is 0.0625. The van der Waals surface area contributed by atoms with Crippen molar-refractivity contribution in [3.8, 4) is 0 Å². The summed E-state index contributed by atoms with van der Waals surface area (Å²) in [5, 5.41) is 2.96. The van der Waals surface area contributed by atoms with E-state index in [-0.39, 0.29) is 17.0 Å². The Kier molecular flexibility index (Phi) is 3.54. The first-order valence-corrected chi connectivity index (χ1v) is 7.09. The van der Waals surface area contributed by atoms with Gasteiger partial charge in [-0.05, 0) is 36.4 Å². The Morgan fingerprint density at radius 2 is 1.78 bits per heavy atom. The molecule has 0 spiro atoms. The van der Waals surface area contributed by atoms with Crippen LogP contribution in [0.25, 0.3) is 0 Å². The number of hydrogen-bond donors (Lipinski definition) is 2. The number of amides is 3. The molecule has 0 unspecified atom stereocenters. The SMILES string of the molecule is CN1C(=O)c2ccc(C(=O)Nc3ccc(N)cc3Cl)cc2C1=O. The molecular weight excluding hydrogens is 318 g/mol. The lowest BCUT2D eigenvalue weighted by Crippen LogP contribution is -2.24. The Morgan fingerprint density at radius 3 is 2.48 bits per heavy atom. The second-order valence-electron chi connectivity index (χ2n) is 5.12. The molecule has 1 heterocycles. The zero-order valence-corrected chi connectivity index (χ0v) is 12.8. The van der Waals surface area contributed by atoms with Crippen LogP contribution in [-0.4, -0.2) is 29.7 Å². The molecule has 3 N–H and O–H groups in total. The molecule has 116 valence electrons. The van der Waals surface area contributed by atoms with E-state index in [4.69, 9.17) is 17.3 Å². The smallest absolute Gasteiger partial charge is 0.261 e. The van der Waals surface area contributed by atoms with Gasteiger partial charge in [-0.15, -0.1) is 0 Å². The second-order valence-corrected chi connectivity index (χ2v) is 5.53. The van der Waals surface area contributed by atoms with Gasteiger partial charge in [0.2, 0.25) is 0 Å². The van der Waals surface area contributed by atoms with E-state index in [0.29, 0.717) is 22.0 Å². The van der Waals surface area contributed by atoms with Gasteiger partial charge in [-0.1, -0.05) is 11.6 Å². The molecule has 2 aromatic carbocycles. The van der Waals surface area contributed by atoms with E-state index in [1.54, 1.807) is 12.1 Å². The molecule has 0 radical (unpaired) electrons. The molecule has 0 fully saturated rings. The first-order valence-electron chi connectivity index (χ1n) is 6.71. The van der Waals surface area contributed by atoms with Crippen molar-refractivity contribution in [1.82, 2.24) is 4.90 Å². The Morgan fingerprint density at radius 1 is 1.09 bits per heavy atom. The van der Waals surface area contributed by atoms with Gasteiger partial charge in [-0.25, -0.2) is 0 Å². The van der Waals surface area contributed by atoms with E-state index in [1.807, 2.05) is 0 Å². The van der Waals surface area contributed by atoms with Crippen LogP contribution in [0.5, 0.6) is 0 Å². The van der Waals surface area contributed by atoms with Crippen molar-refractivity contribution in [2.24, 2.45) is 0 Å². The minimum atomic E-state index is -0.436. The molecule has 0 bridgehead atoms. The molecular formula is C16H12ClN3O3. The zero-order valence-electron chi connectivity index (χ0n) is 12.1. The number of halogens is 1. The molecule has 1 aliphatic rings. The van der Waals surface area contributed by atoms with E-state index in [1.165, 1.54) is 31.3 Å². The van der Waals surface area contributed by atoms with E-state index in [0.717, 1.165) is 4.90 Å². The lowest BCUT2D eigenvalue weighted by atomic mass is 10.1. The van der Waals surface area contributed by atoms with Gasteiger partial charge in [0.1, 0.15) is 0 Å². The monoisotopic (exact) mass is 329 g/mol. The summed E-state index contributed by atoms with van der Waals surface area (Å²) >= 11 is 6.02.